The van der Waals surface area contributed by atoms with Crippen molar-refractivity contribution in [3.63, 3.8) is 0 Å². The van der Waals surface area contributed by atoms with Crippen LogP contribution >= 0.6 is 0 Å². The van der Waals surface area contributed by atoms with Gasteiger partial charge < -0.3 is 0 Å². The highest BCUT2D eigenvalue weighted by molar-refractivity contribution is 7.93. The molecule has 22 heavy (non-hydrogen) atoms. The number of nitrogens with zero attached hydrogens (tertiary/aromatic N) is 2. The van der Waals surface area contributed by atoms with Gasteiger partial charge >= 0.3 is 0 Å². The standard InChI is InChI=1S/C12H16N4O4S2/c17-21(18,8-6-14-22(19,20)12-1-2-12)15-10-4-7-16-11(9-10)3-5-13-16/h3-5,7,9,12,14-15H,1-2,6,8H2. The summed E-state index contributed by atoms with van der Waals surface area (Å²) in [5, 5.41) is 3.66. The maximum absolute atomic E-state index is 12.0. The van der Waals surface area contributed by atoms with Gasteiger partial charge in [-0.1, -0.05) is 0 Å². The summed E-state index contributed by atoms with van der Waals surface area (Å²) in [5.41, 5.74) is 1.17. The molecule has 8 nitrogen and oxygen atoms in total. The van der Waals surface area contributed by atoms with E-state index in [1.54, 1.807) is 35.1 Å². The molecule has 2 heterocycles. The Balaban J connectivity index is 1.60. The molecule has 1 saturated carbocycles. The summed E-state index contributed by atoms with van der Waals surface area (Å²) in [6, 6.07) is 4.99. The van der Waals surface area contributed by atoms with Crippen molar-refractivity contribution in [1.29, 1.82) is 0 Å². The molecule has 0 amide bonds. The average Bonchev–Trinajstić information content (AvgIpc) is 3.18. The van der Waals surface area contributed by atoms with Crippen molar-refractivity contribution >= 4 is 31.3 Å². The van der Waals surface area contributed by atoms with Crippen molar-refractivity contribution in [2.75, 3.05) is 17.0 Å². The molecule has 120 valence electrons. The molecule has 1 fully saturated rings. The molecule has 0 aromatic carbocycles. The van der Waals surface area contributed by atoms with Crippen molar-refractivity contribution in [3.8, 4) is 0 Å². The summed E-state index contributed by atoms with van der Waals surface area (Å²) in [6.07, 6.45) is 4.54. The minimum Gasteiger partial charge on any atom is -0.283 e. The van der Waals surface area contributed by atoms with Gasteiger partial charge in [-0.05, 0) is 31.0 Å². The van der Waals surface area contributed by atoms with E-state index in [0.717, 1.165) is 5.52 Å². The predicted molar refractivity (Wildman–Crippen MR) is 82.5 cm³/mol. The fraction of sp³-hybridized carbons (Fsp3) is 0.417. The van der Waals surface area contributed by atoms with Crippen LogP contribution in [0.3, 0.4) is 0 Å². The number of sulfonamides is 2. The lowest BCUT2D eigenvalue weighted by Gasteiger charge is -2.09. The lowest BCUT2D eigenvalue weighted by molar-refractivity contribution is 0.580. The molecule has 0 saturated heterocycles. The first kappa shape index (κ1) is 15.3. The zero-order valence-corrected chi connectivity index (χ0v) is 13.3. The Morgan fingerprint density at radius 2 is 2.00 bits per heavy atom. The number of nitrogens with one attached hydrogen (secondary N) is 2. The van der Waals surface area contributed by atoms with E-state index in [2.05, 4.69) is 14.5 Å². The first-order chi connectivity index (χ1) is 10.4. The van der Waals surface area contributed by atoms with E-state index >= 15 is 0 Å². The summed E-state index contributed by atoms with van der Waals surface area (Å²) in [6.45, 7) is -0.136. The molecule has 10 heteroatoms. The second-order valence-corrected chi connectivity index (χ2v) is 9.06. The normalized spacial score (nSPS) is 16.0. The molecule has 1 aliphatic rings. The zero-order chi connectivity index (χ0) is 15.8. The quantitative estimate of drug-likeness (QED) is 0.743. The van der Waals surface area contributed by atoms with Crippen LogP contribution in [0.1, 0.15) is 12.8 Å². The highest BCUT2D eigenvalue weighted by atomic mass is 32.2. The van der Waals surface area contributed by atoms with Crippen LogP contribution in [0.5, 0.6) is 0 Å². The molecule has 2 aromatic heterocycles. The van der Waals surface area contributed by atoms with Crippen molar-refractivity contribution in [2.45, 2.75) is 18.1 Å². The Hall–Kier alpha value is -1.65. The Kier molecular flexibility index (Phi) is 3.83. The Labute approximate surface area is 128 Å². The predicted octanol–water partition coefficient (Wildman–Crippen LogP) is 0.158. The van der Waals surface area contributed by atoms with Gasteiger partial charge in [-0.25, -0.2) is 26.1 Å². The number of aromatic nitrogens is 2. The maximum Gasteiger partial charge on any atom is 0.234 e. The van der Waals surface area contributed by atoms with E-state index in [9.17, 15) is 16.8 Å². The molecule has 1 aliphatic carbocycles. The number of fused-ring (bicyclic) bond motifs is 1. The molecule has 0 radical (unpaired) electrons. The SMILES string of the molecule is O=S(=O)(CCNS(=O)(=O)C1CC1)Nc1ccn2nccc2c1. The van der Waals surface area contributed by atoms with Crippen LogP contribution in [0.4, 0.5) is 5.69 Å². The fourth-order valence-electron chi connectivity index (χ4n) is 2.03. The summed E-state index contributed by atoms with van der Waals surface area (Å²) in [7, 11) is -6.98. The topological polar surface area (TPSA) is 110 Å². The van der Waals surface area contributed by atoms with Crippen molar-refractivity contribution in [3.05, 3.63) is 30.6 Å². The molecule has 0 unspecified atom stereocenters. The second kappa shape index (κ2) is 5.52. The van der Waals surface area contributed by atoms with E-state index < -0.39 is 20.0 Å². The Bertz CT molecular complexity index is 885. The minimum absolute atomic E-state index is 0.136. The molecule has 0 aliphatic heterocycles. The number of pyridine rings is 1. The molecule has 0 bridgehead atoms. The summed E-state index contributed by atoms with van der Waals surface area (Å²) in [5.74, 6) is -0.316. The summed E-state index contributed by atoms with van der Waals surface area (Å²) < 4.78 is 53.6. The second-order valence-electron chi connectivity index (χ2n) is 5.18. The van der Waals surface area contributed by atoms with Gasteiger partial charge in [0.15, 0.2) is 0 Å². The third kappa shape index (κ3) is 3.57. The van der Waals surface area contributed by atoms with Crippen LogP contribution in [0.2, 0.25) is 0 Å². The van der Waals surface area contributed by atoms with Gasteiger partial charge in [-0.2, -0.15) is 5.10 Å². The van der Waals surface area contributed by atoms with Crippen LogP contribution in [-0.2, 0) is 20.0 Å². The highest BCUT2D eigenvalue weighted by Crippen LogP contribution is 2.27. The average molecular weight is 344 g/mol. The third-order valence-corrected chi connectivity index (χ3v) is 6.55. The van der Waals surface area contributed by atoms with Gasteiger partial charge in [0.05, 0.1) is 22.2 Å². The van der Waals surface area contributed by atoms with Crippen LogP contribution in [0, 0.1) is 0 Å². The zero-order valence-electron chi connectivity index (χ0n) is 11.6. The number of hydrogen-bond donors (Lipinski definition) is 2. The van der Waals surface area contributed by atoms with Gasteiger partial charge in [0, 0.05) is 18.9 Å². The molecule has 2 N–H and O–H groups in total. The summed E-state index contributed by atoms with van der Waals surface area (Å²) >= 11 is 0. The number of hydrogen-bond acceptors (Lipinski definition) is 5. The van der Waals surface area contributed by atoms with E-state index in [1.807, 2.05) is 0 Å². The van der Waals surface area contributed by atoms with Gasteiger partial charge in [0.1, 0.15) is 0 Å². The lowest BCUT2D eigenvalue weighted by atomic mass is 10.4. The van der Waals surface area contributed by atoms with E-state index in [1.165, 1.54) is 0 Å². The van der Waals surface area contributed by atoms with Crippen LogP contribution in [0.15, 0.2) is 30.6 Å². The first-order valence-corrected chi connectivity index (χ1v) is 9.98. The van der Waals surface area contributed by atoms with E-state index in [4.69, 9.17) is 0 Å². The minimum atomic E-state index is -3.62. The van der Waals surface area contributed by atoms with Crippen molar-refractivity contribution in [2.24, 2.45) is 0 Å². The largest absolute Gasteiger partial charge is 0.283 e. The van der Waals surface area contributed by atoms with Gasteiger partial charge in [0.2, 0.25) is 20.0 Å². The molecule has 0 spiro atoms. The van der Waals surface area contributed by atoms with Crippen LogP contribution in [-0.4, -0.2) is 44.0 Å². The first-order valence-electron chi connectivity index (χ1n) is 6.78. The molecular formula is C12H16N4O4S2. The molecule has 2 aromatic rings. The molecular weight excluding hydrogens is 328 g/mol. The third-order valence-electron chi connectivity index (χ3n) is 3.31. The van der Waals surface area contributed by atoms with Gasteiger partial charge in [0.25, 0.3) is 0 Å². The lowest BCUT2D eigenvalue weighted by Crippen LogP contribution is -2.33. The van der Waals surface area contributed by atoms with Gasteiger partial charge in [-0.3, -0.25) is 4.72 Å². The van der Waals surface area contributed by atoms with Crippen molar-refractivity contribution < 1.29 is 16.8 Å². The number of anilines is 1. The smallest absolute Gasteiger partial charge is 0.234 e. The van der Waals surface area contributed by atoms with E-state index in [-0.39, 0.29) is 17.5 Å². The maximum atomic E-state index is 12.0. The van der Waals surface area contributed by atoms with Crippen LogP contribution in [0.25, 0.3) is 5.52 Å². The molecule has 3 rings (SSSR count). The van der Waals surface area contributed by atoms with Crippen molar-refractivity contribution in [1.82, 2.24) is 14.3 Å². The van der Waals surface area contributed by atoms with Gasteiger partial charge in [-0.15, -0.1) is 0 Å². The molecule has 0 atom stereocenters. The van der Waals surface area contributed by atoms with Crippen LogP contribution < -0.4 is 9.44 Å². The highest BCUT2D eigenvalue weighted by Gasteiger charge is 2.35. The summed E-state index contributed by atoms with van der Waals surface area (Å²) in [4.78, 5) is 0. The Morgan fingerprint density at radius 3 is 2.73 bits per heavy atom. The Morgan fingerprint density at radius 1 is 1.23 bits per heavy atom. The monoisotopic (exact) mass is 344 g/mol. The fourth-order valence-corrected chi connectivity index (χ4v) is 4.50. The number of rotatable bonds is 7. The van der Waals surface area contributed by atoms with E-state index in [0.29, 0.717) is 18.5 Å².